The molecule has 7 heteroatoms. The second kappa shape index (κ2) is 6.73. The minimum absolute atomic E-state index is 0.159. The van der Waals surface area contributed by atoms with Crippen molar-refractivity contribution in [3.8, 4) is 5.75 Å². The SMILES string of the molecule is CC1(C)C=C2NC(Nc3nc4ccccc4o3)=[NH+][C@@H](c3cccc(O)c3)[C@@H]2C(=O)C1. The van der Waals surface area contributed by atoms with E-state index in [0.717, 1.165) is 16.8 Å². The molecule has 7 nitrogen and oxygen atoms in total. The second-order valence-corrected chi connectivity index (χ2v) is 8.54. The molecule has 3 aromatic rings. The van der Waals surface area contributed by atoms with Gasteiger partial charge in [0.15, 0.2) is 5.58 Å². The molecule has 30 heavy (non-hydrogen) atoms. The summed E-state index contributed by atoms with van der Waals surface area (Å²) < 4.78 is 5.78. The Hall–Kier alpha value is -3.61. The Kier molecular flexibility index (Phi) is 4.13. The number of aromatic nitrogens is 1. The third-order valence-corrected chi connectivity index (χ3v) is 5.52. The van der Waals surface area contributed by atoms with Gasteiger partial charge in [0, 0.05) is 6.42 Å². The highest BCUT2D eigenvalue weighted by Gasteiger charge is 2.45. The summed E-state index contributed by atoms with van der Waals surface area (Å²) in [5.41, 5.74) is 2.87. The lowest BCUT2D eigenvalue weighted by atomic mass is 9.72. The van der Waals surface area contributed by atoms with Gasteiger partial charge in [-0.05, 0) is 41.3 Å². The first kappa shape index (κ1) is 18.4. The predicted octanol–water partition coefficient (Wildman–Crippen LogP) is 2.23. The average molecular weight is 403 g/mol. The number of rotatable bonds is 2. The summed E-state index contributed by atoms with van der Waals surface area (Å²) in [4.78, 5) is 20.9. The number of guanidine groups is 1. The van der Waals surface area contributed by atoms with Crippen LogP contribution in [0.3, 0.4) is 0 Å². The summed E-state index contributed by atoms with van der Waals surface area (Å²) in [6.07, 6.45) is 2.58. The minimum Gasteiger partial charge on any atom is -0.508 e. The molecule has 1 aromatic heterocycles. The fourth-order valence-corrected chi connectivity index (χ4v) is 4.29. The second-order valence-electron chi connectivity index (χ2n) is 8.54. The first-order valence-corrected chi connectivity index (χ1v) is 9.95. The highest BCUT2D eigenvalue weighted by atomic mass is 16.4. The number of carbonyl (C=O) groups excluding carboxylic acids is 1. The first-order chi connectivity index (χ1) is 14.4. The van der Waals surface area contributed by atoms with Gasteiger partial charge in [0.05, 0.1) is 5.70 Å². The number of ketones is 1. The fourth-order valence-electron chi connectivity index (χ4n) is 4.29. The van der Waals surface area contributed by atoms with Crippen LogP contribution in [0, 0.1) is 11.3 Å². The molecule has 0 radical (unpaired) electrons. The Morgan fingerprint density at radius 1 is 1.23 bits per heavy atom. The normalized spacial score (nSPS) is 22.7. The summed E-state index contributed by atoms with van der Waals surface area (Å²) in [5.74, 6) is 0.527. The molecule has 0 saturated heterocycles. The van der Waals surface area contributed by atoms with Crippen LogP contribution in [0.1, 0.15) is 31.9 Å². The zero-order valence-corrected chi connectivity index (χ0v) is 16.8. The van der Waals surface area contributed by atoms with Crippen LogP contribution < -0.4 is 15.6 Å². The number of oxazole rings is 1. The molecule has 0 fully saturated rings. The van der Waals surface area contributed by atoms with Crippen LogP contribution in [-0.4, -0.2) is 21.8 Å². The van der Waals surface area contributed by atoms with Crippen molar-refractivity contribution in [2.45, 2.75) is 26.3 Å². The van der Waals surface area contributed by atoms with Gasteiger partial charge in [-0.2, -0.15) is 10.3 Å². The van der Waals surface area contributed by atoms with Gasteiger partial charge in [0.1, 0.15) is 29.0 Å². The number of phenolic OH excluding ortho intramolecular Hbond substituents is 1. The highest BCUT2D eigenvalue weighted by molar-refractivity contribution is 5.94. The van der Waals surface area contributed by atoms with Crippen molar-refractivity contribution >= 4 is 28.9 Å². The van der Waals surface area contributed by atoms with Gasteiger partial charge in [0.25, 0.3) is 0 Å². The number of carbonyl (C=O) groups is 1. The van der Waals surface area contributed by atoms with Crippen LogP contribution >= 0.6 is 0 Å². The van der Waals surface area contributed by atoms with E-state index in [0.29, 0.717) is 24.0 Å². The molecule has 5 rings (SSSR count). The average Bonchev–Trinajstić information content (AvgIpc) is 3.08. The fraction of sp³-hybridized carbons (Fsp3) is 0.261. The lowest BCUT2D eigenvalue weighted by Crippen LogP contribution is -2.84. The Bertz CT molecular complexity index is 1170. The highest BCUT2D eigenvalue weighted by Crippen LogP contribution is 2.38. The number of aromatic hydroxyl groups is 1. The summed E-state index contributed by atoms with van der Waals surface area (Å²) >= 11 is 0. The zero-order valence-electron chi connectivity index (χ0n) is 16.8. The number of Topliss-reactive ketones (excluding diaryl/α,β-unsaturated/α-hetero) is 1. The van der Waals surface area contributed by atoms with Gasteiger partial charge < -0.3 is 9.52 Å². The largest absolute Gasteiger partial charge is 0.508 e. The summed E-state index contributed by atoms with van der Waals surface area (Å²) in [5, 5.41) is 16.5. The molecular formula is C23H23N4O3+. The number of nitrogens with one attached hydrogen (secondary N) is 3. The molecule has 0 spiro atoms. The molecular weight excluding hydrogens is 380 g/mol. The minimum atomic E-state index is -0.367. The lowest BCUT2D eigenvalue weighted by molar-refractivity contribution is -0.522. The molecule has 0 bridgehead atoms. The lowest BCUT2D eigenvalue weighted by Gasteiger charge is -2.36. The van der Waals surface area contributed by atoms with Gasteiger partial charge in [-0.1, -0.05) is 38.1 Å². The summed E-state index contributed by atoms with van der Waals surface area (Å²) in [6, 6.07) is 14.5. The first-order valence-electron chi connectivity index (χ1n) is 9.95. The van der Waals surface area contributed by atoms with Crippen LogP contribution in [0.25, 0.3) is 11.1 Å². The standard InChI is InChI=1S/C23H22N4O3/c1-23(2)11-16-19(17(29)12-23)20(13-6-5-7-14(28)10-13)26-21(24-16)27-22-25-15-8-3-4-9-18(15)30-22/h3-11,19-20,28H,12H2,1-2H3,(H2,24,25,26,27)/p+1/t19-,20-/m0/s1. The van der Waals surface area contributed by atoms with Gasteiger partial charge in [-0.3, -0.25) is 9.79 Å². The van der Waals surface area contributed by atoms with E-state index < -0.39 is 0 Å². The molecule has 0 amide bonds. The van der Waals surface area contributed by atoms with Gasteiger partial charge >= 0.3 is 12.0 Å². The molecule has 4 N–H and O–H groups in total. The molecule has 2 heterocycles. The van der Waals surface area contributed by atoms with Crippen molar-refractivity contribution in [1.29, 1.82) is 0 Å². The summed E-state index contributed by atoms with van der Waals surface area (Å²) in [6.45, 7) is 4.10. The van der Waals surface area contributed by atoms with E-state index >= 15 is 0 Å². The number of benzene rings is 2. The predicted molar refractivity (Wildman–Crippen MR) is 113 cm³/mol. The topological polar surface area (TPSA) is 101 Å². The van der Waals surface area contributed by atoms with Crippen molar-refractivity contribution in [2.75, 3.05) is 5.32 Å². The van der Waals surface area contributed by atoms with Crippen molar-refractivity contribution in [1.82, 2.24) is 10.3 Å². The number of phenols is 1. The van der Waals surface area contributed by atoms with E-state index in [4.69, 9.17) is 4.42 Å². The van der Waals surface area contributed by atoms with E-state index in [1.807, 2.05) is 30.3 Å². The van der Waals surface area contributed by atoms with Gasteiger partial charge in [-0.15, -0.1) is 0 Å². The number of hydrogen-bond donors (Lipinski definition) is 4. The smallest absolute Gasteiger partial charge is 0.365 e. The number of allylic oxidation sites excluding steroid dienone is 1. The number of fused-ring (bicyclic) bond motifs is 2. The van der Waals surface area contributed by atoms with E-state index in [1.54, 1.807) is 18.2 Å². The maximum atomic E-state index is 13.1. The van der Waals surface area contributed by atoms with E-state index in [2.05, 4.69) is 40.5 Å². The Balaban J connectivity index is 1.56. The van der Waals surface area contributed by atoms with Crippen LogP contribution in [0.2, 0.25) is 0 Å². The van der Waals surface area contributed by atoms with E-state index in [-0.39, 0.29) is 28.9 Å². The Labute approximate surface area is 173 Å². The number of nitrogens with zero attached hydrogens (tertiary/aromatic N) is 1. The van der Waals surface area contributed by atoms with Crippen LogP contribution in [0.15, 0.2) is 64.7 Å². The maximum absolute atomic E-state index is 13.1. The molecule has 0 unspecified atom stereocenters. The van der Waals surface area contributed by atoms with Crippen LogP contribution in [0.4, 0.5) is 6.01 Å². The molecule has 0 saturated carbocycles. The van der Waals surface area contributed by atoms with Crippen molar-refractivity contribution < 1.29 is 19.3 Å². The zero-order chi connectivity index (χ0) is 20.9. The van der Waals surface area contributed by atoms with E-state index in [9.17, 15) is 9.90 Å². The number of para-hydroxylation sites is 2. The number of hydrogen-bond acceptors (Lipinski definition) is 6. The number of anilines is 1. The molecule has 1 aliphatic carbocycles. The van der Waals surface area contributed by atoms with Crippen molar-refractivity contribution in [3.63, 3.8) is 0 Å². The van der Waals surface area contributed by atoms with Crippen molar-refractivity contribution in [3.05, 3.63) is 65.9 Å². The molecule has 152 valence electrons. The van der Waals surface area contributed by atoms with Crippen molar-refractivity contribution in [2.24, 2.45) is 11.3 Å². The molecule has 2 aromatic carbocycles. The summed E-state index contributed by atoms with van der Waals surface area (Å²) in [7, 11) is 0. The Morgan fingerprint density at radius 2 is 2.07 bits per heavy atom. The van der Waals surface area contributed by atoms with Crippen LogP contribution in [-0.2, 0) is 4.79 Å². The Morgan fingerprint density at radius 3 is 2.87 bits per heavy atom. The van der Waals surface area contributed by atoms with E-state index in [1.165, 1.54) is 0 Å². The quantitative estimate of drug-likeness (QED) is 0.524. The monoisotopic (exact) mass is 403 g/mol. The van der Waals surface area contributed by atoms with Crippen LogP contribution in [0.5, 0.6) is 5.75 Å². The third-order valence-electron chi connectivity index (χ3n) is 5.52. The van der Waals surface area contributed by atoms with Gasteiger partial charge in [-0.25, -0.2) is 5.32 Å². The molecule has 2 atom stereocenters. The molecule has 1 aliphatic heterocycles. The van der Waals surface area contributed by atoms with Gasteiger partial charge in [0.2, 0.25) is 0 Å². The molecule has 2 aliphatic rings. The third kappa shape index (κ3) is 3.32. The maximum Gasteiger partial charge on any atom is 0.365 e.